The van der Waals surface area contributed by atoms with E-state index in [9.17, 15) is 19.2 Å². The van der Waals surface area contributed by atoms with Crippen molar-refractivity contribution in [1.82, 2.24) is 15.5 Å². The molecule has 0 spiro atoms. The van der Waals surface area contributed by atoms with E-state index in [0.717, 1.165) is 0 Å². The Morgan fingerprint density at radius 1 is 0.952 bits per heavy atom. The van der Waals surface area contributed by atoms with Gasteiger partial charge in [-0.3, -0.25) is 24.1 Å². The summed E-state index contributed by atoms with van der Waals surface area (Å²) >= 11 is 4.66. The van der Waals surface area contributed by atoms with E-state index in [1.165, 1.54) is 12.1 Å². The molecule has 1 aromatic carbocycles. The normalized spacial score (nSPS) is 18.1. The summed E-state index contributed by atoms with van der Waals surface area (Å²) in [5.74, 6) is -2.94. The smallest absolute Gasteiger partial charge is 1.00 e. The Balaban J connectivity index is 0.00000121. The third kappa shape index (κ3) is 2.60. The number of thiocarbonyl (C=S) groups is 1. The van der Waals surface area contributed by atoms with Crippen molar-refractivity contribution < 1.29 is 72.0 Å². The van der Waals surface area contributed by atoms with Crippen molar-refractivity contribution in [2.75, 3.05) is 0 Å². The Morgan fingerprint density at radius 2 is 1.38 bits per heavy atom. The zero-order valence-electron chi connectivity index (χ0n) is 11.9. The maximum absolute atomic E-state index is 12.2. The molecule has 0 unspecified atom stereocenters. The van der Waals surface area contributed by atoms with Gasteiger partial charge in [-0.2, -0.15) is 0 Å². The number of rotatable bonds is 1. The number of benzene rings is 1. The van der Waals surface area contributed by atoms with E-state index in [-0.39, 0.29) is 69.1 Å². The van der Waals surface area contributed by atoms with Gasteiger partial charge in [0.05, 0.1) is 11.1 Å². The van der Waals surface area contributed by atoms with Gasteiger partial charge >= 0.3 is 51.4 Å². The Hall–Kier alpha value is -0.974. The van der Waals surface area contributed by atoms with Crippen LogP contribution in [-0.2, 0) is 9.59 Å². The van der Waals surface area contributed by atoms with Crippen LogP contribution in [0.5, 0.6) is 0 Å². The van der Waals surface area contributed by atoms with Gasteiger partial charge in [0, 0.05) is 0 Å². The molecule has 0 radical (unpaired) electrons. The second-order valence-corrected chi connectivity index (χ2v) is 4.64. The number of fused-ring (bicyclic) bond motifs is 1. The molecule has 0 aromatic heterocycles. The maximum atomic E-state index is 12.2. The third-order valence-corrected chi connectivity index (χ3v) is 3.26. The summed E-state index contributed by atoms with van der Waals surface area (Å²) in [5.41, 5.74) is 0.345. The van der Waals surface area contributed by atoms with Gasteiger partial charge in [-0.05, 0) is 24.4 Å². The van der Waals surface area contributed by atoms with Gasteiger partial charge in [-0.1, -0.05) is 12.1 Å². The second-order valence-electron chi connectivity index (χ2n) is 4.24. The van der Waals surface area contributed by atoms with Crippen molar-refractivity contribution in [2.24, 2.45) is 0 Å². The molecule has 7 nitrogen and oxygen atoms in total. The molecule has 2 N–H and O–H groups in total. The first-order valence-electron chi connectivity index (χ1n) is 5.63. The molecule has 2 heterocycles. The number of hydrogen-bond donors (Lipinski definition) is 2. The van der Waals surface area contributed by atoms with E-state index < -0.39 is 29.7 Å². The van der Waals surface area contributed by atoms with E-state index in [0.29, 0.717) is 4.90 Å². The zero-order chi connectivity index (χ0) is 14.4. The summed E-state index contributed by atoms with van der Waals surface area (Å²) in [5, 5.41) is 4.29. The van der Waals surface area contributed by atoms with Crippen LogP contribution in [0, 0.1) is 0 Å². The quantitative estimate of drug-likeness (QED) is 0.239. The van der Waals surface area contributed by atoms with Gasteiger partial charge in [0.2, 0.25) is 0 Å². The molecule has 0 saturated carbocycles. The maximum Gasteiger partial charge on any atom is 1.00 e. The van der Waals surface area contributed by atoms with E-state index in [4.69, 9.17) is 0 Å². The number of nitrogens with zero attached hydrogens (tertiary/aromatic N) is 1. The molecule has 2 aliphatic heterocycles. The molecule has 0 aliphatic carbocycles. The molecule has 0 bridgehead atoms. The summed E-state index contributed by atoms with van der Waals surface area (Å²) < 4.78 is 0. The van der Waals surface area contributed by atoms with Crippen molar-refractivity contribution in [3.63, 3.8) is 0 Å². The van der Waals surface area contributed by atoms with E-state index in [1.807, 2.05) is 0 Å². The predicted molar refractivity (Wildman–Crippen MR) is 70.7 cm³/mol. The molecular formula is C12H8KN3O4S. The molecule has 2 aliphatic rings. The largest absolute Gasteiger partial charge is 1.00 e. The van der Waals surface area contributed by atoms with Gasteiger partial charge in [-0.15, -0.1) is 0 Å². The van der Waals surface area contributed by atoms with Gasteiger partial charge in [-0.25, -0.2) is 0 Å². The minimum atomic E-state index is -1.55. The molecule has 1 fully saturated rings. The van der Waals surface area contributed by atoms with Crippen molar-refractivity contribution >= 4 is 41.0 Å². The van der Waals surface area contributed by atoms with Crippen molar-refractivity contribution in [1.29, 1.82) is 0 Å². The number of carbonyl (C=O) groups excluding carboxylic acids is 4. The Morgan fingerprint density at radius 3 is 1.81 bits per heavy atom. The molecular weight excluding hydrogens is 321 g/mol. The fraction of sp³-hybridized carbons (Fsp3) is 0.0833. The van der Waals surface area contributed by atoms with Crippen LogP contribution in [0.15, 0.2) is 24.3 Å². The average molecular weight is 329 g/mol. The SMILES string of the molecule is O=C1NC(=S)NC(=O)C1N1C(=O)c2ccccc2C1=O.[H-].[K+]. The molecule has 21 heavy (non-hydrogen) atoms. The van der Waals surface area contributed by atoms with Gasteiger partial charge in [0.15, 0.2) is 11.2 Å². The number of hydrogen-bond acceptors (Lipinski definition) is 5. The summed E-state index contributed by atoms with van der Waals surface area (Å²) in [4.78, 5) is 48.7. The first-order chi connectivity index (χ1) is 9.50. The fourth-order valence-electron chi connectivity index (χ4n) is 2.19. The Bertz CT molecular complexity index is 656. The number of amides is 4. The summed E-state index contributed by atoms with van der Waals surface area (Å²) in [6.07, 6.45) is 0. The van der Waals surface area contributed by atoms with Crippen molar-refractivity contribution in [3.8, 4) is 0 Å². The topological polar surface area (TPSA) is 95.6 Å². The van der Waals surface area contributed by atoms with E-state index in [2.05, 4.69) is 22.9 Å². The molecule has 4 amide bonds. The molecule has 1 aromatic rings. The number of imide groups is 1. The zero-order valence-corrected chi connectivity index (χ0v) is 14.8. The fourth-order valence-corrected chi connectivity index (χ4v) is 2.39. The van der Waals surface area contributed by atoms with Crippen LogP contribution in [0.1, 0.15) is 22.1 Å². The first kappa shape index (κ1) is 16.4. The average Bonchev–Trinajstić information content (AvgIpc) is 2.64. The van der Waals surface area contributed by atoms with Gasteiger partial charge in [0.1, 0.15) is 0 Å². The van der Waals surface area contributed by atoms with Crippen molar-refractivity contribution in [3.05, 3.63) is 35.4 Å². The summed E-state index contributed by atoms with van der Waals surface area (Å²) in [6, 6.07) is 4.60. The Labute approximate surface area is 168 Å². The number of nitrogens with one attached hydrogen (secondary N) is 2. The molecule has 9 heteroatoms. The summed E-state index contributed by atoms with van der Waals surface area (Å²) in [6.45, 7) is 0. The molecule has 3 rings (SSSR count). The Kier molecular flexibility index (Phi) is 4.71. The number of carbonyl (C=O) groups is 4. The van der Waals surface area contributed by atoms with E-state index >= 15 is 0 Å². The molecule has 1 saturated heterocycles. The van der Waals surface area contributed by atoms with E-state index in [1.54, 1.807) is 12.1 Å². The second kappa shape index (κ2) is 6.03. The van der Waals surface area contributed by atoms with Crippen LogP contribution in [0.25, 0.3) is 0 Å². The van der Waals surface area contributed by atoms with Crippen molar-refractivity contribution in [2.45, 2.75) is 6.04 Å². The monoisotopic (exact) mass is 329 g/mol. The van der Waals surface area contributed by atoms with Crippen LogP contribution in [-0.4, -0.2) is 39.7 Å². The van der Waals surface area contributed by atoms with Gasteiger partial charge in [0.25, 0.3) is 23.6 Å². The molecule has 102 valence electrons. The standard InChI is InChI=1S/C12H7N3O4S.K.H/c16-8-7(9(17)14-12(20)13-8)15-10(18)5-3-1-2-4-6(5)11(15)19;;/h1-4,7H,(H2,13,14,16,17,20);;/q;+1;-1. The predicted octanol–water partition coefficient (Wildman–Crippen LogP) is -3.70. The third-order valence-electron chi connectivity index (χ3n) is 3.05. The van der Waals surface area contributed by atoms with Crippen LogP contribution in [0.4, 0.5) is 0 Å². The van der Waals surface area contributed by atoms with Crippen LogP contribution < -0.4 is 62.0 Å². The van der Waals surface area contributed by atoms with Crippen LogP contribution in [0.3, 0.4) is 0 Å². The first-order valence-corrected chi connectivity index (χ1v) is 6.04. The van der Waals surface area contributed by atoms with Crippen LogP contribution in [0.2, 0.25) is 0 Å². The van der Waals surface area contributed by atoms with Crippen LogP contribution >= 0.6 is 12.2 Å². The van der Waals surface area contributed by atoms with Gasteiger partial charge < -0.3 is 12.1 Å². The summed E-state index contributed by atoms with van der Waals surface area (Å²) in [7, 11) is 0. The molecule has 0 atom stereocenters. The minimum Gasteiger partial charge on any atom is -1.00 e. The minimum absolute atomic E-state index is 0.